The first-order chi connectivity index (χ1) is 7.70. The van der Waals surface area contributed by atoms with Crippen LogP contribution in [-0.4, -0.2) is 6.04 Å². The summed E-state index contributed by atoms with van der Waals surface area (Å²) in [7, 11) is 0. The van der Waals surface area contributed by atoms with Crippen LogP contribution in [0.2, 0.25) is 0 Å². The van der Waals surface area contributed by atoms with E-state index < -0.39 is 0 Å². The van der Waals surface area contributed by atoms with Gasteiger partial charge in [0.25, 0.3) is 0 Å². The fourth-order valence-corrected chi connectivity index (χ4v) is 3.59. The number of hydrogen-bond acceptors (Lipinski definition) is 1. The molecule has 1 aromatic rings. The second-order valence-electron chi connectivity index (χ2n) is 5.83. The zero-order chi connectivity index (χ0) is 11.3. The quantitative estimate of drug-likeness (QED) is 0.806. The van der Waals surface area contributed by atoms with E-state index in [4.69, 9.17) is 5.73 Å². The van der Waals surface area contributed by atoms with E-state index >= 15 is 0 Å². The Hall–Kier alpha value is -0.820. The molecule has 1 nitrogen and oxygen atoms in total. The molecule has 16 heavy (non-hydrogen) atoms. The second kappa shape index (κ2) is 3.59. The minimum atomic E-state index is 0.390. The molecule has 1 aromatic carbocycles. The van der Waals surface area contributed by atoms with Crippen LogP contribution in [0.4, 0.5) is 0 Å². The van der Waals surface area contributed by atoms with Crippen LogP contribution in [0.3, 0.4) is 0 Å². The summed E-state index contributed by atoms with van der Waals surface area (Å²) in [5.41, 5.74) is 9.51. The fourth-order valence-electron chi connectivity index (χ4n) is 3.59. The highest BCUT2D eigenvalue weighted by Gasteiger charge is 2.55. The molecule has 4 unspecified atom stereocenters. The molecule has 2 N–H and O–H groups in total. The lowest BCUT2D eigenvalue weighted by atomic mass is 9.92. The monoisotopic (exact) mass is 215 g/mol. The molecule has 86 valence electrons. The molecule has 0 aliphatic heterocycles. The Balaban J connectivity index is 1.87. The van der Waals surface area contributed by atoms with Gasteiger partial charge in [0.1, 0.15) is 0 Å². The molecule has 1 saturated carbocycles. The number of benzene rings is 1. The van der Waals surface area contributed by atoms with Crippen molar-refractivity contribution in [3.05, 3.63) is 35.4 Å². The number of aryl methyl sites for hydroxylation is 1. The lowest BCUT2D eigenvalue weighted by Gasteiger charge is -2.15. The van der Waals surface area contributed by atoms with Crippen LogP contribution in [0.15, 0.2) is 24.3 Å². The molecule has 1 heteroatoms. The summed E-state index contributed by atoms with van der Waals surface area (Å²) in [5, 5.41) is 0. The number of fused-ring (bicyclic) bond motifs is 3. The average molecular weight is 215 g/mol. The molecule has 0 heterocycles. The van der Waals surface area contributed by atoms with Gasteiger partial charge >= 0.3 is 0 Å². The smallest absolute Gasteiger partial charge is 0.00991 e. The third-order valence-electron chi connectivity index (χ3n) is 4.60. The summed E-state index contributed by atoms with van der Waals surface area (Å²) >= 11 is 0. The summed E-state index contributed by atoms with van der Waals surface area (Å²) in [6.45, 7) is 4.50. The van der Waals surface area contributed by atoms with Gasteiger partial charge in [-0.05, 0) is 47.6 Å². The van der Waals surface area contributed by atoms with Gasteiger partial charge in [-0.3, -0.25) is 0 Å². The van der Waals surface area contributed by atoms with Gasteiger partial charge < -0.3 is 5.73 Å². The Morgan fingerprint density at radius 2 is 2.00 bits per heavy atom. The predicted octanol–water partition coefficient (Wildman–Crippen LogP) is 2.95. The number of nitrogens with two attached hydrogens (primary N) is 1. The molecule has 0 aromatic heterocycles. The van der Waals surface area contributed by atoms with Crippen molar-refractivity contribution in [3.63, 3.8) is 0 Å². The van der Waals surface area contributed by atoms with Crippen molar-refractivity contribution in [2.75, 3.05) is 0 Å². The van der Waals surface area contributed by atoms with Crippen molar-refractivity contribution in [1.82, 2.24) is 0 Å². The van der Waals surface area contributed by atoms with Crippen LogP contribution in [0.25, 0.3) is 0 Å². The second-order valence-corrected chi connectivity index (χ2v) is 5.83. The maximum Gasteiger partial charge on any atom is 0.00991 e. The van der Waals surface area contributed by atoms with Gasteiger partial charge in [0.15, 0.2) is 0 Å². The van der Waals surface area contributed by atoms with E-state index in [1.165, 1.54) is 12.8 Å². The van der Waals surface area contributed by atoms with Crippen molar-refractivity contribution in [2.45, 2.75) is 38.6 Å². The van der Waals surface area contributed by atoms with E-state index in [9.17, 15) is 0 Å². The maximum atomic E-state index is 6.34. The number of rotatable bonds is 2. The van der Waals surface area contributed by atoms with Crippen LogP contribution in [0.5, 0.6) is 0 Å². The molecule has 1 fully saturated rings. The molecule has 3 rings (SSSR count). The summed E-state index contributed by atoms with van der Waals surface area (Å²) in [5.74, 6) is 3.03. The van der Waals surface area contributed by atoms with E-state index in [0.29, 0.717) is 12.0 Å². The summed E-state index contributed by atoms with van der Waals surface area (Å²) in [6, 6.07) is 9.35. The molecule has 0 bridgehead atoms. The minimum absolute atomic E-state index is 0.390. The van der Waals surface area contributed by atoms with Gasteiger partial charge in [-0.1, -0.05) is 38.1 Å². The Morgan fingerprint density at radius 3 is 2.75 bits per heavy atom. The lowest BCUT2D eigenvalue weighted by Crippen LogP contribution is -2.29. The standard InChI is InChI=1S/C15H21N/c1-9(2)15(16)14-12-8-7-10-5-3-4-6-11(10)13(12)14/h3-6,9,12-15H,7-8,16H2,1-2H3. The molecule has 2 aliphatic rings. The van der Waals surface area contributed by atoms with Gasteiger partial charge in [0.2, 0.25) is 0 Å². The molecule has 0 saturated heterocycles. The van der Waals surface area contributed by atoms with Crippen LogP contribution >= 0.6 is 0 Å². The number of hydrogen-bond donors (Lipinski definition) is 1. The van der Waals surface area contributed by atoms with Gasteiger partial charge in [0, 0.05) is 6.04 Å². The zero-order valence-corrected chi connectivity index (χ0v) is 10.2. The van der Waals surface area contributed by atoms with E-state index in [-0.39, 0.29) is 0 Å². The van der Waals surface area contributed by atoms with Gasteiger partial charge in [0.05, 0.1) is 0 Å². The van der Waals surface area contributed by atoms with E-state index in [2.05, 4.69) is 38.1 Å². The van der Waals surface area contributed by atoms with Gasteiger partial charge in [-0.25, -0.2) is 0 Å². The van der Waals surface area contributed by atoms with Crippen molar-refractivity contribution in [1.29, 1.82) is 0 Å². The average Bonchev–Trinajstić information content (AvgIpc) is 3.02. The predicted molar refractivity (Wildman–Crippen MR) is 67.3 cm³/mol. The first-order valence-electron chi connectivity index (χ1n) is 6.53. The molecule has 0 radical (unpaired) electrons. The van der Waals surface area contributed by atoms with Crippen molar-refractivity contribution in [2.24, 2.45) is 23.5 Å². The largest absolute Gasteiger partial charge is 0.327 e. The zero-order valence-electron chi connectivity index (χ0n) is 10.2. The third-order valence-corrected chi connectivity index (χ3v) is 4.60. The molecule has 4 atom stereocenters. The van der Waals surface area contributed by atoms with Crippen LogP contribution in [0, 0.1) is 17.8 Å². The normalized spacial score (nSPS) is 33.1. The molecule has 0 spiro atoms. The van der Waals surface area contributed by atoms with Gasteiger partial charge in [-0.15, -0.1) is 0 Å². The molecule has 0 amide bonds. The fraction of sp³-hybridized carbons (Fsp3) is 0.600. The van der Waals surface area contributed by atoms with Crippen LogP contribution in [0.1, 0.15) is 37.3 Å². The highest BCUT2D eigenvalue weighted by Crippen LogP contribution is 2.61. The van der Waals surface area contributed by atoms with Crippen molar-refractivity contribution < 1.29 is 0 Å². The first-order valence-corrected chi connectivity index (χ1v) is 6.53. The van der Waals surface area contributed by atoms with E-state index in [0.717, 1.165) is 17.8 Å². The van der Waals surface area contributed by atoms with Crippen LogP contribution < -0.4 is 5.73 Å². The molecular formula is C15H21N. The maximum absolute atomic E-state index is 6.34. The SMILES string of the molecule is CC(C)C(N)C1C2CCc3ccccc3C21. The van der Waals surface area contributed by atoms with Gasteiger partial charge in [-0.2, -0.15) is 0 Å². The van der Waals surface area contributed by atoms with E-state index in [1.807, 2.05) is 0 Å². The van der Waals surface area contributed by atoms with Crippen molar-refractivity contribution >= 4 is 0 Å². The molecular weight excluding hydrogens is 194 g/mol. The topological polar surface area (TPSA) is 26.0 Å². The Bertz CT molecular complexity index is 396. The van der Waals surface area contributed by atoms with E-state index in [1.54, 1.807) is 11.1 Å². The summed E-state index contributed by atoms with van der Waals surface area (Å²) in [6.07, 6.45) is 2.62. The van der Waals surface area contributed by atoms with Crippen LogP contribution in [-0.2, 0) is 6.42 Å². The third kappa shape index (κ3) is 1.41. The minimum Gasteiger partial charge on any atom is -0.327 e. The van der Waals surface area contributed by atoms with Crippen molar-refractivity contribution in [3.8, 4) is 0 Å². The molecule has 2 aliphatic carbocycles. The summed E-state index contributed by atoms with van der Waals surface area (Å²) < 4.78 is 0. The highest BCUT2D eigenvalue weighted by molar-refractivity contribution is 5.40. The lowest BCUT2D eigenvalue weighted by molar-refractivity contribution is 0.420. The Kier molecular flexibility index (Phi) is 2.32. The first kappa shape index (κ1) is 10.3. The Labute approximate surface area is 98.0 Å². The Morgan fingerprint density at radius 1 is 1.25 bits per heavy atom. The highest BCUT2D eigenvalue weighted by atomic mass is 14.8. The summed E-state index contributed by atoms with van der Waals surface area (Å²) in [4.78, 5) is 0.